The number of aryl methyl sites for hydroxylation is 3. The van der Waals surface area contributed by atoms with Gasteiger partial charge in [0.15, 0.2) is 0 Å². The molecule has 1 aromatic heterocycles. The van der Waals surface area contributed by atoms with Gasteiger partial charge in [-0.1, -0.05) is 38.3 Å². The summed E-state index contributed by atoms with van der Waals surface area (Å²) in [5, 5.41) is 3.05. The van der Waals surface area contributed by atoms with E-state index >= 15 is 0 Å². The second-order valence-electron chi connectivity index (χ2n) is 8.59. The minimum absolute atomic E-state index is 0.181. The molecular formula is C24H30N4O3. The summed E-state index contributed by atoms with van der Waals surface area (Å²) in [6, 6.07) is 7.53. The molecule has 2 aliphatic rings. The Morgan fingerprint density at radius 3 is 2.45 bits per heavy atom. The number of likely N-dealkylation sites (N-methyl/N-ethyl adjacent to an activating group) is 1. The molecule has 164 valence electrons. The van der Waals surface area contributed by atoms with E-state index in [-0.39, 0.29) is 23.1 Å². The summed E-state index contributed by atoms with van der Waals surface area (Å²) in [6.07, 6.45) is 5.91. The zero-order valence-corrected chi connectivity index (χ0v) is 18.7. The Morgan fingerprint density at radius 2 is 1.81 bits per heavy atom. The number of hydrogen-bond donors (Lipinski definition) is 1. The highest BCUT2D eigenvalue weighted by molar-refractivity contribution is 6.45. The number of benzene rings is 1. The van der Waals surface area contributed by atoms with Gasteiger partial charge < -0.3 is 4.90 Å². The number of amides is 2. The molecule has 0 unspecified atom stereocenters. The quantitative estimate of drug-likeness (QED) is 0.751. The van der Waals surface area contributed by atoms with Gasteiger partial charge in [0.05, 0.1) is 16.8 Å². The van der Waals surface area contributed by atoms with Crippen molar-refractivity contribution in [3.8, 4) is 0 Å². The van der Waals surface area contributed by atoms with Gasteiger partial charge in [0.2, 0.25) is 0 Å². The topological polar surface area (TPSA) is 78.4 Å². The van der Waals surface area contributed by atoms with Crippen LogP contribution in [-0.2, 0) is 23.1 Å². The van der Waals surface area contributed by atoms with E-state index in [0.717, 1.165) is 31.2 Å². The van der Waals surface area contributed by atoms with Crippen LogP contribution in [0.5, 0.6) is 0 Å². The average molecular weight is 423 g/mol. The summed E-state index contributed by atoms with van der Waals surface area (Å²) >= 11 is 0. The van der Waals surface area contributed by atoms with Gasteiger partial charge in [-0.3, -0.25) is 24.2 Å². The Morgan fingerprint density at radius 1 is 1.10 bits per heavy atom. The molecule has 1 aliphatic carbocycles. The van der Waals surface area contributed by atoms with Crippen LogP contribution in [0.1, 0.15) is 55.8 Å². The van der Waals surface area contributed by atoms with Gasteiger partial charge in [0.25, 0.3) is 17.4 Å². The molecule has 0 radical (unpaired) electrons. The third-order valence-corrected chi connectivity index (χ3v) is 6.52. The van der Waals surface area contributed by atoms with E-state index in [4.69, 9.17) is 0 Å². The normalized spacial score (nSPS) is 17.7. The Bertz CT molecular complexity index is 1120. The summed E-state index contributed by atoms with van der Waals surface area (Å²) < 4.78 is 1.38. The lowest BCUT2D eigenvalue weighted by Gasteiger charge is -2.33. The third-order valence-electron chi connectivity index (χ3n) is 6.52. The first kappa shape index (κ1) is 21.2. The SMILES string of the molecule is CCc1[nH]n(C)c(=O)c1C1=C(N(C)C2CCCCC2)C(=O)N(c2cccc(C)c2)C1=O. The number of carbonyl (C=O) groups excluding carboxylic acids is 2. The van der Waals surface area contributed by atoms with Crippen molar-refractivity contribution in [2.24, 2.45) is 7.05 Å². The van der Waals surface area contributed by atoms with Crippen LogP contribution in [0.4, 0.5) is 5.69 Å². The number of anilines is 1. The van der Waals surface area contributed by atoms with Gasteiger partial charge in [0.1, 0.15) is 5.70 Å². The molecule has 7 heteroatoms. The number of rotatable bonds is 5. The minimum Gasteiger partial charge on any atom is -0.366 e. The third kappa shape index (κ3) is 3.52. The molecule has 0 bridgehead atoms. The van der Waals surface area contributed by atoms with Crippen LogP contribution in [0.2, 0.25) is 0 Å². The van der Waals surface area contributed by atoms with Crippen LogP contribution in [-0.4, -0.2) is 39.6 Å². The fraction of sp³-hybridized carbons (Fsp3) is 0.458. The molecule has 1 N–H and O–H groups in total. The average Bonchev–Trinajstić information content (AvgIpc) is 3.19. The number of aromatic amines is 1. The molecular weight excluding hydrogens is 392 g/mol. The number of nitrogens with one attached hydrogen (secondary N) is 1. The molecule has 1 aromatic carbocycles. The number of aromatic nitrogens is 2. The van der Waals surface area contributed by atoms with Crippen LogP contribution in [0.3, 0.4) is 0 Å². The number of nitrogens with zero attached hydrogens (tertiary/aromatic N) is 3. The summed E-state index contributed by atoms with van der Waals surface area (Å²) in [5.41, 5.74) is 2.75. The van der Waals surface area contributed by atoms with E-state index in [1.54, 1.807) is 13.1 Å². The standard InChI is InChI=1S/C24H30N4O3/c1-5-18-19(22(29)27(4)25-18)20-21(26(3)16-11-7-6-8-12-16)24(31)28(23(20)30)17-13-9-10-15(2)14-17/h9-10,13-14,16,25H,5-8,11-12H2,1-4H3. The zero-order valence-electron chi connectivity index (χ0n) is 18.7. The van der Waals surface area contributed by atoms with Crippen molar-refractivity contribution in [3.63, 3.8) is 0 Å². The van der Waals surface area contributed by atoms with Crippen LogP contribution in [0.25, 0.3) is 5.57 Å². The number of hydrogen-bond acceptors (Lipinski definition) is 4. The number of carbonyl (C=O) groups is 2. The molecule has 1 fully saturated rings. The molecule has 1 saturated carbocycles. The largest absolute Gasteiger partial charge is 0.366 e. The second kappa shape index (κ2) is 8.21. The second-order valence-corrected chi connectivity index (χ2v) is 8.59. The van der Waals surface area contributed by atoms with Crippen molar-refractivity contribution in [1.82, 2.24) is 14.7 Å². The molecule has 2 heterocycles. The van der Waals surface area contributed by atoms with Crippen molar-refractivity contribution in [2.45, 2.75) is 58.4 Å². The molecule has 0 atom stereocenters. The zero-order chi connectivity index (χ0) is 22.3. The Balaban J connectivity index is 1.90. The predicted octanol–water partition coefficient (Wildman–Crippen LogP) is 3.13. The predicted molar refractivity (Wildman–Crippen MR) is 121 cm³/mol. The summed E-state index contributed by atoms with van der Waals surface area (Å²) in [5.74, 6) is -0.788. The lowest BCUT2D eigenvalue weighted by atomic mass is 9.93. The van der Waals surface area contributed by atoms with Gasteiger partial charge >= 0.3 is 0 Å². The molecule has 31 heavy (non-hydrogen) atoms. The van der Waals surface area contributed by atoms with Gasteiger partial charge in [-0.25, -0.2) is 4.90 Å². The lowest BCUT2D eigenvalue weighted by molar-refractivity contribution is -0.120. The van der Waals surface area contributed by atoms with E-state index in [0.29, 0.717) is 29.1 Å². The Labute approximate surface area is 182 Å². The molecule has 4 rings (SSSR count). The molecule has 0 spiro atoms. The maximum atomic E-state index is 13.7. The molecule has 7 nitrogen and oxygen atoms in total. The van der Waals surface area contributed by atoms with Crippen molar-refractivity contribution < 1.29 is 9.59 Å². The van der Waals surface area contributed by atoms with Gasteiger partial charge in [-0.15, -0.1) is 0 Å². The maximum Gasteiger partial charge on any atom is 0.282 e. The Hall–Kier alpha value is -3.09. The van der Waals surface area contributed by atoms with E-state index in [9.17, 15) is 14.4 Å². The van der Waals surface area contributed by atoms with Crippen molar-refractivity contribution in [2.75, 3.05) is 11.9 Å². The lowest BCUT2D eigenvalue weighted by Crippen LogP contribution is -2.38. The van der Waals surface area contributed by atoms with Crippen LogP contribution < -0.4 is 10.5 Å². The highest BCUT2D eigenvalue weighted by atomic mass is 16.2. The molecule has 2 amide bonds. The monoisotopic (exact) mass is 422 g/mol. The van der Waals surface area contributed by atoms with Gasteiger partial charge in [0, 0.05) is 25.8 Å². The van der Waals surface area contributed by atoms with Crippen LogP contribution in [0.15, 0.2) is 34.8 Å². The number of H-pyrrole nitrogens is 1. The molecule has 1 aliphatic heterocycles. The fourth-order valence-electron chi connectivity index (χ4n) is 4.84. The number of imide groups is 1. The first-order valence-corrected chi connectivity index (χ1v) is 11.1. The van der Waals surface area contributed by atoms with Crippen molar-refractivity contribution in [1.29, 1.82) is 0 Å². The fourth-order valence-corrected chi connectivity index (χ4v) is 4.84. The molecule has 0 saturated heterocycles. The summed E-state index contributed by atoms with van der Waals surface area (Å²) in [4.78, 5) is 43.6. The summed E-state index contributed by atoms with van der Waals surface area (Å²) in [6.45, 7) is 3.86. The van der Waals surface area contributed by atoms with Crippen molar-refractivity contribution >= 4 is 23.1 Å². The first-order chi connectivity index (χ1) is 14.8. The molecule has 2 aromatic rings. The highest BCUT2D eigenvalue weighted by Crippen LogP contribution is 2.37. The van der Waals surface area contributed by atoms with E-state index in [1.807, 2.05) is 44.0 Å². The Kier molecular flexibility index (Phi) is 5.60. The highest BCUT2D eigenvalue weighted by Gasteiger charge is 2.45. The van der Waals surface area contributed by atoms with E-state index in [2.05, 4.69) is 5.10 Å². The van der Waals surface area contributed by atoms with Gasteiger partial charge in [-0.05, 0) is 43.9 Å². The summed E-state index contributed by atoms with van der Waals surface area (Å²) in [7, 11) is 3.52. The maximum absolute atomic E-state index is 13.7. The first-order valence-electron chi connectivity index (χ1n) is 11.1. The van der Waals surface area contributed by atoms with Crippen LogP contribution >= 0.6 is 0 Å². The minimum atomic E-state index is -0.431. The van der Waals surface area contributed by atoms with Crippen LogP contribution in [0, 0.1) is 6.92 Å². The van der Waals surface area contributed by atoms with E-state index < -0.39 is 5.91 Å². The van der Waals surface area contributed by atoms with E-state index in [1.165, 1.54) is 16.0 Å². The van der Waals surface area contributed by atoms with Crippen molar-refractivity contribution in [3.05, 3.63) is 57.1 Å². The smallest absolute Gasteiger partial charge is 0.282 e. The van der Waals surface area contributed by atoms with Gasteiger partial charge in [-0.2, -0.15) is 0 Å².